The molecule has 0 amide bonds. The van der Waals surface area contributed by atoms with E-state index >= 15 is 0 Å². The number of esters is 4. The smallest absolute Gasteiger partial charge is 0.462 e. The number of phosphoric acid groups is 2. The van der Waals surface area contributed by atoms with Crippen molar-refractivity contribution in [2.24, 2.45) is 17.8 Å². The van der Waals surface area contributed by atoms with Crippen molar-refractivity contribution in [3.05, 3.63) is 0 Å². The molecule has 588 valence electrons. The molecule has 6 atom stereocenters. The van der Waals surface area contributed by atoms with E-state index in [2.05, 4.69) is 48.5 Å². The summed E-state index contributed by atoms with van der Waals surface area (Å²) >= 11 is 0. The molecule has 0 bridgehead atoms. The fourth-order valence-electron chi connectivity index (χ4n) is 12.3. The molecule has 0 spiro atoms. The Morgan fingerprint density at radius 2 is 0.515 bits per heavy atom. The minimum Gasteiger partial charge on any atom is -0.462 e. The SMILES string of the molecule is CCCCCCCCCCCCCCC(=O)OC[C@H](COP(=O)(O)OC[C@H](O)COP(=O)(O)OC[C@@H](COC(=O)CCCCCCCCCCCCCC(C)C)OC(=O)CCCCCCCCCCCCCCCCCCCCC(C)C)OC(=O)CCCCCCCCCCC(C)CC. The molecule has 99 heavy (non-hydrogen) atoms. The lowest BCUT2D eigenvalue weighted by Gasteiger charge is -2.21. The first kappa shape index (κ1) is 97.1. The summed E-state index contributed by atoms with van der Waals surface area (Å²) in [5, 5.41) is 10.6. The standard InChI is InChI=1S/C80H156O17P2/c1-8-10-11-12-13-14-15-27-32-40-47-54-61-77(82)91-68-76(97-80(85)64-57-50-43-36-35-39-46-53-60-73(7)9-2)70-95-99(88,89)93-66-74(81)65-92-98(86,87)94-69-75(67-90-78(83)62-55-48-41-33-29-24-26-31-38-45-52-59-72(5)6)96-79(84)63-56-49-42-34-28-23-21-19-17-16-18-20-22-25-30-37-44-51-58-71(3)4/h71-76,81H,8-70H2,1-7H3,(H,86,87)(H,88,89)/t73?,74-,75-,76-/m1/s1. The Bertz CT molecular complexity index is 1920. The second-order valence-corrected chi connectivity index (χ2v) is 32.9. The number of ether oxygens (including phenoxy) is 4. The third-order valence-electron chi connectivity index (χ3n) is 19.0. The molecule has 0 aliphatic carbocycles. The van der Waals surface area contributed by atoms with Crippen molar-refractivity contribution < 1.29 is 80.2 Å². The van der Waals surface area contributed by atoms with Crippen molar-refractivity contribution in [1.29, 1.82) is 0 Å². The maximum atomic E-state index is 13.1. The number of aliphatic hydroxyl groups is 1. The van der Waals surface area contributed by atoms with E-state index in [1.807, 2.05) is 0 Å². The second kappa shape index (κ2) is 70.4. The molecule has 0 aliphatic heterocycles. The van der Waals surface area contributed by atoms with Gasteiger partial charge in [-0.2, -0.15) is 0 Å². The van der Waals surface area contributed by atoms with E-state index in [1.165, 1.54) is 225 Å². The van der Waals surface area contributed by atoms with Crippen LogP contribution in [0.3, 0.4) is 0 Å². The Hall–Kier alpha value is -1.94. The third-order valence-corrected chi connectivity index (χ3v) is 20.9. The highest BCUT2D eigenvalue weighted by Crippen LogP contribution is 2.45. The van der Waals surface area contributed by atoms with Gasteiger partial charge >= 0.3 is 39.5 Å². The number of phosphoric ester groups is 2. The summed E-state index contributed by atoms with van der Waals surface area (Å²) in [7, 11) is -9.92. The zero-order valence-electron chi connectivity index (χ0n) is 65.0. The third kappa shape index (κ3) is 72.8. The lowest BCUT2D eigenvalue weighted by atomic mass is 9.99. The van der Waals surface area contributed by atoms with Gasteiger partial charge in [0.05, 0.1) is 26.4 Å². The van der Waals surface area contributed by atoms with Crippen molar-refractivity contribution in [1.82, 2.24) is 0 Å². The van der Waals surface area contributed by atoms with Crippen molar-refractivity contribution in [2.45, 2.75) is 433 Å². The van der Waals surface area contributed by atoms with Crippen LogP contribution < -0.4 is 0 Å². The molecule has 0 heterocycles. The molecule has 0 rings (SSSR count). The molecule has 0 aromatic rings. The van der Waals surface area contributed by atoms with Crippen LogP contribution in [0.2, 0.25) is 0 Å². The zero-order valence-corrected chi connectivity index (χ0v) is 66.8. The molecule has 0 aliphatic rings. The highest BCUT2D eigenvalue weighted by molar-refractivity contribution is 7.47. The van der Waals surface area contributed by atoms with E-state index in [4.69, 9.17) is 37.0 Å². The van der Waals surface area contributed by atoms with Crippen LogP contribution in [0.4, 0.5) is 0 Å². The van der Waals surface area contributed by atoms with E-state index < -0.39 is 97.5 Å². The van der Waals surface area contributed by atoms with Gasteiger partial charge in [-0.05, 0) is 43.4 Å². The van der Waals surface area contributed by atoms with E-state index in [1.54, 1.807) is 0 Å². The van der Waals surface area contributed by atoms with Crippen LogP contribution in [-0.2, 0) is 65.4 Å². The van der Waals surface area contributed by atoms with Gasteiger partial charge in [0.1, 0.15) is 19.3 Å². The van der Waals surface area contributed by atoms with E-state index in [9.17, 15) is 43.2 Å². The van der Waals surface area contributed by atoms with Gasteiger partial charge < -0.3 is 33.8 Å². The van der Waals surface area contributed by atoms with Gasteiger partial charge in [-0.1, -0.05) is 363 Å². The molecule has 0 saturated heterocycles. The first-order valence-corrected chi connectivity index (χ1v) is 44.4. The van der Waals surface area contributed by atoms with Crippen LogP contribution in [0.25, 0.3) is 0 Å². The lowest BCUT2D eigenvalue weighted by Crippen LogP contribution is -2.30. The van der Waals surface area contributed by atoms with Gasteiger partial charge in [-0.25, -0.2) is 9.13 Å². The fourth-order valence-corrected chi connectivity index (χ4v) is 13.9. The summed E-state index contributed by atoms with van der Waals surface area (Å²) in [6.07, 6.45) is 58.2. The van der Waals surface area contributed by atoms with Crippen LogP contribution >= 0.6 is 15.6 Å². The highest BCUT2D eigenvalue weighted by atomic mass is 31.2. The van der Waals surface area contributed by atoms with Crippen LogP contribution in [0.15, 0.2) is 0 Å². The monoisotopic (exact) mass is 1450 g/mol. The molecule has 3 unspecified atom stereocenters. The predicted octanol–water partition coefficient (Wildman–Crippen LogP) is 23.7. The molecule has 0 radical (unpaired) electrons. The predicted molar refractivity (Wildman–Crippen MR) is 405 cm³/mol. The summed E-state index contributed by atoms with van der Waals surface area (Å²) < 4.78 is 68.7. The molecular weight excluding hydrogens is 1290 g/mol. The largest absolute Gasteiger partial charge is 0.472 e. The van der Waals surface area contributed by atoms with Crippen molar-refractivity contribution in [2.75, 3.05) is 39.6 Å². The van der Waals surface area contributed by atoms with Gasteiger partial charge in [0.15, 0.2) is 12.2 Å². The summed E-state index contributed by atoms with van der Waals surface area (Å²) in [4.78, 5) is 73.0. The Balaban J connectivity index is 5.23. The molecule has 0 aromatic carbocycles. The average molecular weight is 1450 g/mol. The van der Waals surface area contributed by atoms with Crippen molar-refractivity contribution >= 4 is 39.5 Å². The van der Waals surface area contributed by atoms with Gasteiger partial charge in [0.25, 0.3) is 0 Å². The number of hydrogen-bond donors (Lipinski definition) is 3. The zero-order chi connectivity index (χ0) is 73.0. The molecule has 0 aromatic heterocycles. The number of aliphatic hydroxyl groups excluding tert-OH is 1. The Kier molecular flexibility index (Phi) is 69.0. The molecule has 17 nitrogen and oxygen atoms in total. The van der Waals surface area contributed by atoms with Gasteiger partial charge in [0.2, 0.25) is 0 Å². The first-order valence-electron chi connectivity index (χ1n) is 41.4. The number of carbonyl (C=O) groups is 4. The minimum absolute atomic E-state index is 0.105. The van der Waals surface area contributed by atoms with Gasteiger partial charge in [-0.3, -0.25) is 37.3 Å². The van der Waals surface area contributed by atoms with Gasteiger partial charge in [-0.15, -0.1) is 0 Å². The van der Waals surface area contributed by atoms with Gasteiger partial charge in [0, 0.05) is 25.7 Å². The second-order valence-electron chi connectivity index (χ2n) is 30.0. The normalized spacial score (nSPS) is 14.3. The molecule has 3 N–H and O–H groups in total. The molecule has 0 fully saturated rings. The topological polar surface area (TPSA) is 237 Å². The summed E-state index contributed by atoms with van der Waals surface area (Å²) in [6, 6.07) is 0. The van der Waals surface area contributed by atoms with E-state index in [0.29, 0.717) is 25.7 Å². The van der Waals surface area contributed by atoms with Crippen LogP contribution in [-0.4, -0.2) is 96.7 Å². The fraction of sp³-hybridized carbons (Fsp3) is 0.950. The van der Waals surface area contributed by atoms with Crippen molar-refractivity contribution in [3.63, 3.8) is 0 Å². The number of carbonyl (C=O) groups excluding carboxylic acids is 4. The molecule has 0 saturated carbocycles. The molecular formula is C80H156O17P2. The minimum atomic E-state index is -4.96. The Labute approximate surface area is 607 Å². The van der Waals surface area contributed by atoms with E-state index in [0.717, 1.165) is 108 Å². The molecule has 19 heteroatoms. The highest BCUT2D eigenvalue weighted by Gasteiger charge is 2.30. The average Bonchev–Trinajstić information content (AvgIpc) is 3.21. The maximum Gasteiger partial charge on any atom is 0.472 e. The Morgan fingerprint density at radius 3 is 0.768 bits per heavy atom. The van der Waals surface area contributed by atoms with Crippen LogP contribution in [0.5, 0.6) is 0 Å². The summed E-state index contributed by atoms with van der Waals surface area (Å²) in [5.41, 5.74) is 0. The maximum absolute atomic E-state index is 13.1. The summed E-state index contributed by atoms with van der Waals surface area (Å²) in [5.74, 6) is 0.248. The number of rotatable bonds is 78. The quantitative estimate of drug-likeness (QED) is 0.0222. The number of hydrogen-bond acceptors (Lipinski definition) is 15. The van der Waals surface area contributed by atoms with E-state index in [-0.39, 0.29) is 25.7 Å². The number of unbranched alkanes of at least 4 members (excludes halogenated alkanes) is 45. The lowest BCUT2D eigenvalue weighted by molar-refractivity contribution is -0.161. The van der Waals surface area contributed by atoms with Crippen LogP contribution in [0, 0.1) is 17.8 Å². The van der Waals surface area contributed by atoms with Crippen LogP contribution in [0.1, 0.15) is 414 Å². The first-order chi connectivity index (χ1) is 47.8. The van der Waals surface area contributed by atoms with Crippen molar-refractivity contribution in [3.8, 4) is 0 Å². The Morgan fingerprint density at radius 1 is 0.293 bits per heavy atom. The summed E-state index contributed by atoms with van der Waals surface area (Å²) in [6.45, 7) is 12.0.